The quantitative estimate of drug-likeness (QED) is 0.603. The molecule has 27 heavy (non-hydrogen) atoms. The largest absolute Gasteiger partial charge is 0.435 e. The van der Waals surface area contributed by atoms with E-state index >= 15 is 0 Å². The van der Waals surface area contributed by atoms with Gasteiger partial charge in [0.25, 0.3) is 5.91 Å². The minimum atomic E-state index is -2.96. The Kier molecular flexibility index (Phi) is 4.97. The van der Waals surface area contributed by atoms with Crippen molar-refractivity contribution < 1.29 is 27.9 Å². The number of Topliss-reactive ketones (excluding diaryl/α,β-unsaturated/α-hetero) is 1. The molecule has 3 rings (SSSR count). The number of carbonyl (C=O) groups excluding carboxylic acids is 3. The summed E-state index contributed by atoms with van der Waals surface area (Å²) in [6.45, 7) is 0.0257. The molecule has 1 aliphatic rings. The number of hydrogen-bond acceptors (Lipinski definition) is 5. The summed E-state index contributed by atoms with van der Waals surface area (Å²) in [7, 11) is 0. The molecule has 0 spiro atoms. The van der Waals surface area contributed by atoms with Crippen LogP contribution in [0, 0.1) is 6.92 Å². The van der Waals surface area contributed by atoms with E-state index in [1.165, 1.54) is 42.5 Å². The highest BCUT2D eigenvalue weighted by molar-refractivity contribution is 7.14. The van der Waals surface area contributed by atoms with E-state index in [4.69, 9.17) is 0 Å². The first-order valence-electron chi connectivity index (χ1n) is 8.00. The zero-order valence-electron chi connectivity index (χ0n) is 14.5. The van der Waals surface area contributed by atoms with Crippen LogP contribution >= 0.6 is 11.3 Å². The minimum Gasteiger partial charge on any atom is -0.435 e. The second-order valence-corrected chi connectivity index (χ2v) is 7.47. The number of nitrogens with zero attached hydrogens (tertiary/aromatic N) is 1. The summed E-state index contributed by atoms with van der Waals surface area (Å²) >= 11 is 1.29. The fourth-order valence-electron chi connectivity index (χ4n) is 2.81. The number of nitrogens with one attached hydrogen (secondary N) is 1. The maximum Gasteiger partial charge on any atom is 0.387 e. The summed E-state index contributed by atoms with van der Waals surface area (Å²) in [5.74, 6) is -0.979. The summed E-state index contributed by atoms with van der Waals surface area (Å²) in [5, 5.41) is 2.57. The highest BCUT2D eigenvalue weighted by atomic mass is 32.1. The molecule has 1 N–H and O–H groups in total. The van der Waals surface area contributed by atoms with Crippen molar-refractivity contribution in [3.63, 3.8) is 0 Å². The molecule has 2 aromatic rings. The molecule has 0 aliphatic carbocycles. The van der Waals surface area contributed by atoms with Crippen LogP contribution in [0.4, 0.5) is 13.6 Å². The third kappa shape index (κ3) is 3.68. The van der Waals surface area contributed by atoms with E-state index < -0.39 is 24.1 Å². The van der Waals surface area contributed by atoms with Crippen LogP contribution in [0.15, 0.2) is 36.4 Å². The predicted molar refractivity (Wildman–Crippen MR) is 94.1 cm³/mol. The van der Waals surface area contributed by atoms with Gasteiger partial charge in [0.05, 0.1) is 11.4 Å². The number of thiophene rings is 1. The Hall–Kier alpha value is -2.81. The van der Waals surface area contributed by atoms with Crippen LogP contribution in [0.3, 0.4) is 0 Å². The van der Waals surface area contributed by atoms with Crippen LogP contribution in [-0.2, 0) is 10.3 Å². The maximum absolute atomic E-state index is 12.8. The van der Waals surface area contributed by atoms with Gasteiger partial charge in [-0.15, -0.1) is 11.3 Å². The number of aryl methyl sites for hydroxylation is 1. The van der Waals surface area contributed by atoms with E-state index in [1.54, 1.807) is 12.1 Å². The molecule has 1 atom stereocenters. The standard InChI is InChI=1S/C18H16F2N2O4S/c1-10-3-8-14(27-10)13(23)9-22-15(24)18(2,21-17(22)25)11-4-6-12(7-5-11)26-16(19)20/h3-8,16H,9H2,1-2H3,(H,21,25)/t18-/m1/s1. The lowest BCUT2D eigenvalue weighted by molar-refractivity contribution is -0.130. The summed E-state index contributed by atoms with van der Waals surface area (Å²) in [5.41, 5.74) is -1.00. The van der Waals surface area contributed by atoms with Crippen molar-refractivity contribution in [2.75, 3.05) is 6.54 Å². The average molecular weight is 394 g/mol. The van der Waals surface area contributed by atoms with Gasteiger partial charge in [-0.3, -0.25) is 14.5 Å². The van der Waals surface area contributed by atoms with Gasteiger partial charge in [0.15, 0.2) is 5.78 Å². The van der Waals surface area contributed by atoms with Gasteiger partial charge in [-0.05, 0) is 43.7 Å². The number of amides is 3. The molecule has 0 unspecified atom stereocenters. The third-order valence-corrected chi connectivity index (χ3v) is 5.29. The average Bonchev–Trinajstić information content (AvgIpc) is 3.13. The first-order chi connectivity index (χ1) is 12.7. The highest BCUT2D eigenvalue weighted by Gasteiger charge is 2.49. The summed E-state index contributed by atoms with van der Waals surface area (Å²) < 4.78 is 28.8. The van der Waals surface area contributed by atoms with E-state index in [0.29, 0.717) is 10.4 Å². The number of urea groups is 1. The monoisotopic (exact) mass is 394 g/mol. The van der Waals surface area contributed by atoms with Gasteiger partial charge < -0.3 is 10.1 Å². The van der Waals surface area contributed by atoms with Crippen molar-refractivity contribution in [2.24, 2.45) is 0 Å². The number of halogens is 2. The van der Waals surface area contributed by atoms with Gasteiger partial charge in [0.1, 0.15) is 11.3 Å². The Morgan fingerprint density at radius 1 is 1.22 bits per heavy atom. The molecule has 1 aromatic carbocycles. The summed E-state index contributed by atoms with van der Waals surface area (Å²) in [6.07, 6.45) is 0. The summed E-state index contributed by atoms with van der Waals surface area (Å²) in [6, 6.07) is 8.17. The second-order valence-electron chi connectivity index (χ2n) is 6.18. The van der Waals surface area contributed by atoms with Gasteiger partial charge in [-0.25, -0.2) is 4.79 Å². The fourth-order valence-corrected chi connectivity index (χ4v) is 3.61. The highest BCUT2D eigenvalue weighted by Crippen LogP contribution is 2.30. The van der Waals surface area contributed by atoms with Crippen molar-refractivity contribution in [2.45, 2.75) is 26.0 Å². The predicted octanol–water partition coefficient (Wildman–Crippen LogP) is 3.31. The zero-order valence-corrected chi connectivity index (χ0v) is 15.3. The van der Waals surface area contributed by atoms with Crippen LogP contribution in [-0.4, -0.2) is 35.8 Å². The van der Waals surface area contributed by atoms with E-state index in [0.717, 1.165) is 9.78 Å². The Morgan fingerprint density at radius 2 is 1.89 bits per heavy atom. The maximum atomic E-state index is 12.8. The van der Waals surface area contributed by atoms with Crippen LogP contribution in [0.5, 0.6) is 5.75 Å². The number of benzene rings is 1. The molecule has 3 amide bonds. The third-order valence-electron chi connectivity index (χ3n) is 4.25. The molecule has 0 saturated carbocycles. The molecule has 1 aliphatic heterocycles. The molecule has 142 valence electrons. The van der Waals surface area contributed by atoms with Gasteiger partial charge in [-0.1, -0.05) is 12.1 Å². The molecule has 0 radical (unpaired) electrons. The van der Waals surface area contributed by atoms with Gasteiger partial charge in [0.2, 0.25) is 0 Å². The fraction of sp³-hybridized carbons (Fsp3) is 0.278. The minimum absolute atomic E-state index is 0.0609. The number of ether oxygens (including phenoxy) is 1. The van der Waals surface area contributed by atoms with Gasteiger partial charge in [-0.2, -0.15) is 8.78 Å². The van der Waals surface area contributed by atoms with Crippen LogP contribution in [0.25, 0.3) is 0 Å². The molecule has 1 aromatic heterocycles. The normalized spacial score (nSPS) is 19.5. The number of alkyl halides is 2. The van der Waals surface area contributed by atoms with E-state index in [9.17, 15) is 23.2 Å². The lowest BCUT2D eigenvalue weighted by atomic mass is 9.92. The molecular formula is C18H16F2N2O4S. The number of rotatable bonds is 6. The lowest BCUT2D eigenvalue weighted by Crippen LogP contribution is -2.41. The van der Waals surface area contributed by atoms with Crippen molar-refractivity contribution in [1.29, 1.82) is 0 Å². The van der Waals surface area contributed by atoms with Gasteiger partial charge in [0, 0.05) is 4.88 Å². The van der Waals surface area contributed by atoms with E-state index in [-0.39, 0.29) is 18.1 Å². The summed E-state index contributed by atoms with van der Waals surface area (Å²) in [4.78, 5) is 39.7. The van der Waals surface area contributed by atoms with Crippen LogP contribution in [0.2, 0.25) is 0 Å². The van der Waals surface area contributed by atoms with Crippen LogP contribution < -0.4 is 10.1 Å². The molecule has 6 nitrogen and oxygen atoms in total. The van der Waals surface area contributed by atoms with Crippen molar-refractivity contribution in [3.05, 3.63) is 51.7 Å². The van der Waals surface area contributed by atoms with E-state index in [2.05, 4.69) is 10.1 Å². The SMILES string of the molecule is Cc1ccc(C(=O)CN2C(=O)N[C@](C)(c3ccc(OC(F)F)cc3)C2=O)s1. The van der Waals surface area contributed by atoms with E-state index in [1.807, 2.05) is 6.92 Å². The topological polar surface area (TPSA) is 75.7 Å². The number of hydrogen-bond donors (Lipinski definition) is 1. The Bertz CT molecular complexity index is 897. The number of imide groups is 1. The van der Waals surface area contributed by atoms with Gasteiger partial charge >= 0.3 is 12.6 Å². The van der Waals surface area contributed by atoms with Crippen molar-refractivity contribution in [1.82, 2.24) is 10.2 Å². The molecule has 2 heterocycles. The molecule has 0 bridgehead atoms. The Balaban J connectivity index is 1.78. The zero-order chi connectivity index (χ0) is 19.8. The Labute approximate surface area is 157 Å². The number of ketones is 1. The molecular weight excluding hydrogens is 378 g/mol. The smallest absolute Gasteiger partial charge is 0.387 e. The number of carbonyl (C=O) groups is 3. The van der Waals surface area contributed by atoms with Crippen LogP contribution in [0.1, 0.15) is 27.0 Å². The van der Waals surface area contributed by atoms with Crippen molar-refractivity contribution >= 4 is 29.1 Å². The second kappa shape index (κ2) is 7.07. The lowest BCUT2D eigenvalue weighted by Gasteiger charge is -2.22. The molecule has 1 fully saturated rings. The first kappa shape index (κ1) is 19.0. The Morgan fingerprint density at radius 3 is 2.44 bits per heavy atom. The van der Waals surface area contributed by atoms with Crippen molar-refractivity contribution in [3.8, 4) is 5.75 Å². The molecule has 9 heteroatoms. The molecule has 1 saturated heterocycles. The first-order valence-corrected chi connectivity index (χ1v) is 8.81.